The number of rotatable bonds is 5. The Morgan fingerprint density at radius 3 is 2.56 bits per heavy atom. The summed E-state index contributed by atoms with van der Waals surface area (Å²) < 4.78 is 13.6. The van der Waals surface area contributed by atoms with E-state index < -0.39 is 12.0 Å². The monoisotopic (exact) mass is 560 g/mol. The third-order valence-electron chi connectivity index (χ3n) is 5.24. The van der Waals surface area contributed by atoms with Gasteiger partial charge in [-0.05, 0) is 78.2 Å². The van der Waals surface area contributed by atoms with Crippen LogP contribution in [0.25, 0.3) is 6.08 Å². The normalized spacial score (nSPS) is 15.9. The van der Waals surface area contributed by atoms with E-state index in [1.807, 2.05) is 30.3 Å². The fraction of sp³-hybridized carbons (Fsp3) is 0.240. The molecule has 1 atom stereocenters. The number of benzene rings is 2. The molecule has 1 aromatic heterocycles. The quantitative estimate of drug-likeness (QED) is 0.427. The predicted octanol–water partition coefficient (Wildman–Crippen LogP) is 4.61. The highest BCUT2D eigenvalue weighted by atomic mass is 79.9. The van der Waals surface area contributed by atoms with Crippen LogP contribution in [0.2, 0.25) is 5.02 Å². The molecule has 0 fully saturated rings. The third-order valence-corrected chi connectivity index (χ3v) is 7.10. The molecule has 0 N–H and O–H groups in total. The van der Waals surface area contributed by atoms with Crippen molar-refractivity contribution in [1.29, 1.82) is 0 Å². The van der Waals surface area contributed by atoms with Gasteiger partial charge in [0.2, 0.25) is 0 Å². The first-order chi connectivity index (χ1) is 16.2. The summed E-state index contributed by atoms with van der Waals surface area (Å²) in [5.41, 5.74) is 2.19. The molecule has 0 spiro atoms. The Bertz CT molecular complexity index is 1470. The first kappa shape index (κ1) is 24.4. The van der Waals surface area contributed by atoms with Gasteiger partial charge in [-0.1, -0.05) is 41.1 Å². The number of allylic oxidation sites excluding steroid dienone is 1. The Hall–Kier alpha value is -2.68. The molecule has 0 radical (unpaired) electrons. The molecule has 6 nitrogen and oxygen atoms in total. The van der Waals surface area contributed by atoms with Crippen LogP contribution >= 0.6 is 38.9 Å². The molecule has 0 aliphatic carbocycles. The van der Waals surface area contributed by atoms with Gasteiger partial charge in [-0.25, -0.2) is 9.79 Å². The lowest BCUT2D eigenvalue weighted by atomic mass is 9.96. The molecule has 9 heteroatoms. The van der Waals surface area contributed by atoms with E-state index in [9.17, 15) is 9.59 Å². The lowest BCUT2D eigenvalue weighted by Crippen LogP contribution is -2.40. The van der Waals surface area contributed by atoms with Crippen molar-refractivity contribution in [1.82, 2.24) is 4.57 Å². The van der Waals surface area contributed by atoms with Crippen molar-refractivity contribution in [3.8, 4) is 5.75 Å². The number of thiazole rings is 1. The standard InChI is InChI=1S/C25H22BrClN2O4S/c1-13(2)33-24(31)21-14(3)28-25-29(22(21)16-6-8-17(27)9-7-16)23(30)20(34-25)12-15-5-10-19(32-4)18(26)11-15/h5-13,22H,1-4H3/b20-12-/t22-/m0/s1. The first-order valence-electron chi connectivity index (χ1n) is 10.5. The molecule has 3 aromatic rings. The second-order valence-electron chi connectivity index (χ2n) is 7.98. The van der Waals surface area contributed by atoms with E-state index >= 15 is 0 Å². The Morgan fingerprint density at radius 2 is 1.94 bits per heavy atom. The number of methoxy groups -OCH3 is 1. The molecule has 0 unspecified atom stereocenters. The molecule has 0 bridgehead atoms. The zero-order valence-corrected chi connectivity index (χ0v) is 22.1. The van der Waals surface area contributed by atoms with Crippen molar-refractivity contribution in [2.75, 3.05) is 7.11 Å². The maximum Gasteiger partial charge on any atom is 0.338 e. The van der Waals surface area contributed by atoms with E-state index in [0.29, 0.717) is 31.4 Å². The van der Waals surface area contributed by atoms with E-state index in [2.05, 4.69) is 20.9 Å². The van der Waals surface area contributed by atoms with E-state index in [-0.39, 0.29) is 11.7 Å². The molecule has 1 aliphatic rings. The molecular weight excluding hydrogens is 540 g/mol. The summed E-state index contributed by atoms with van der Waals surface area (Å²) in [5.74, 6) is 0.204. The topological polar surface area (TPSA) is 69.9 Å². The Morgan fingerprint density at radius 1 is 1.24 bits per heavy atom. The minimum absolute atomic E-state index is 0.238. The highest BCUT2D eigenvalue weighted by Gasteiger charge is 2.33. The van der Waals surface area contributed by atoms with Gasteiger partial charge in [0.15, 0.2) is 4.80 Å². The summed E-state index contributed by atoms with van der Waals surface area (Å²) in [5, 5.41) is 0.563. The molecule has 34 heavy (non-hydrogen) atoms. The van der Waals surface area contributed by atoms with Crippen LogP contribution in [0.15, 0.2) is 68.0 Å². The Labute approximate surface area is 213 Å². The van der Waals surface area contributed by atoms with Crippen molar-refractivity contribution >= 4 is 50.9 Å². The second kappa shape index (κ2) is 9.90. The fourth-order valence-corrected chi connectivity index (χ4v) is 5.48. The van der Waals surface area contributed by atoms with Gasteiger partial charge >= 0.3 is 5.97 Å². The zero-order chi connectivity index (χ0) is 24.6. The van der Waals surface area contributed by atoms with E-state index in [1.54, 1.807) is 50.7 Å². The van der Waals surface area contributed by atoms with E-state index in [4.69, 9.17) is 21.1 Å². The lowest BCUT2D eigenvalue weighted by Gasteiger charge is -2.25. The molecule has 0 saturated carbocycles. The largest absolute Gasteiger partial charge is 0.496 e. The number of hydrogen-bond donors (Lipinski definition) is 0. The van der Waals surface area contributed by atoms with Crippen LogP contribution in [0.4, 0.5) is 0 Å². The number of fused-ring (bicyclic) bond motifs is 1. The van der Waals surface area contributed by atoms with E-state index in [0.717, 1.165) is 15.6 Å². The second-order valence-corrected chi connectivity index (χ2v) is 10.3. The molecule has 2 aromatic carbocycles. The summed E-state index contributed by atoms with van der Waals surface area (Å²) in [6.45, 7) is 5.33. The highest BCUT2D eigenvalue weighted by Crippen LogP contribution is 2.31. The highest BCUT2D eigenvalue weighted by molar-refractivity contribution is 9.10. The van der Waals surface area contributed by atoms with Gasteiger partial charge in [0.05, 0.1) is 39.5 Å². The first-order valence-corrected chi connectivity index (χ1v) is 12.5. The number of nitrogens with zero attached hydrogens (tertiary/aromatic N) is 2. The van der Waals surface area contributed by atoms with Crippen LogP contribution < -0.4 is 19.6 Å². The molecule has 1 aliphatic heterocycles. The van der Waals surface area contributed by atoms with Crippen LogP contribution in [-0.4, -0.2) is 23.8 Å². The number of esters is 1. The smallest absolute Gasteiger partial charge is 0.338 e. The van der Waals surface area contributed by atoms with Gasteiger partial charge in [-0.2, -0.15) is 0 Å². The predicted molar refractivity (Wildman–Crippen MR) is 137 cm³/mol. The van der Waals surface area contributed by atoms with Crippen LogP contribution in [0.3, 0.4) is 0 Å². The number of carbonyl (C=O) groups is 1. The van der Waals surface area contributed by atoms with Crippen LogP contribution in [0, 0.1) is 0 Å². The van der Waals surface area contributed by atoms with Gasteiger partial charge in [0.1, 0.15) is 5.75 Å². The lowest BCUT2D eigenvalue weighted by molar-refractivity contribution is -0.143. The molecule has 0 saturated heterocycles. The summed E-state index contributed by atoms with van der Waals surface area (Å²) in [7, 11) is 1.60. The molecule has 0 amide bonds. The summed E-state index contributed by atoms with van der Waals surface area (Å²) >= 11 is 10.9. The summed E-state index contributed by atoms with van der Waals surface area (Å²) in [6.07, 6.45) is 1.50. The van der Waals surface area contributed by atoms with Crippen molar-refractivity contribution in [2.24, 2.45) is 4.99 Å². The molecule has 4 rings (SSSR count). The third kappa shape index (κ3) is 4.76. The molecule has 176 valence electrons. The van der Waals surface area contributed by atoms with Crippen molar-refractivity contribution in [3.63, 3.8) is 0 Å². The maximum atomic E-state index is 13.6. The summed E-state index contributed by atoms with van der Waals surface area (Å²) in [4.78, 5) is 31.8. The van der Waals surface area contributed by atoms with Crippen LogP contribution in [0.1, 0.15) is 37.9 Å². The fourth-order valence-electron chi connectivity index (χ4n) is 3.74. The number of carbonyl (C=O) groups excluding carboxylic acids is 1. The molecule has 2 heterocycles. The number of aromatic nitrogens is 1. The minimum Gasteiger partial charge on any atom is -0.496 e. The zero-order valence-electron chi connectivity index (χ0n) is 19.0. The van der Waals surface area contributed by atoms with Crippen molar-refractivity contribution in [3.05, 3.63) is 94.0 Å². The van der Waals surface area contributed by atoms with Gasteiger partial charge in [-0.15, -0.1) is 0 Å². The van der Waals surface area contributed by atoms with E-state index in [1.165, 1.54) is 11.3 Å². The van der Waals surface area contributed by atoms with Gasteiger partial charge in [0, 0.05) is 5.02 Å². The average molecular weight is 562 g/mol. The Balaban J connectivity index is 1.92. The van der Waals surface area contributed by atoms with Crippen LogP contribution in [-0.2, 0) is 9.53 Å². The van der Waals surface area contributed by atoms with Gasteiger partial charge < -0.3 is 9.47 Å². The number of halogens is 2. The van der Waals surface area contributed by atoms with Crippen molar-refractivity contribution in [2.45, 2.75) is 32.9 Å². The van der Waals surface area contributed by atoms with Gasteiger partial charge in [0.25, 0.3) is 5.56 Å². The van der Waals surface area contributed by atoms with Gasteiger partial charge in [-0.3, -0.25) is 9.36 Å². The number of hydrogen-bond acceptors (Lipinski definition) is 6. The number of ether oxygens (including phenoxy) is 2. The maximum absolute atomic E-state index is 13.6. The van der Waals surface area contributed by atoms with Crippen molar-refractivity contribution < 1.29 is 14.3 Å². The SMILES string of the molecule is COc1ccc(/C=c2\sc3n(c2=O)[C@@H](c2ccc(Cl)cc2)C(C(=O)OC(C)C)=C(C)N=3)cc1Br. The molecular formula is C25H22BrClN2O4S. The Kier molecular flexibility index (Phi) is 7.12. The minimum atomic E-state index is -0.676. The average Bonchev–Trinajstić information content (AvgIpc) is 3.07. The summed E-state index contributed by atoms with van der Waals surface area (Å²) in [6, 6.07) is 12.0. The van der Waals surface area contributed by atoms with Crippen LogP contribution in [0.5, 0.6) is 5.75 Å².